The maximum Gasteiger partial charge on any atom is 0.327 e. The number of esters is 1. The van der Waals surface area contributed by atoms with Crippen molar-refractivity contribution in [2.75, 3.05) is 33.8 Å². The van der Waals surface area contributed by atoms with Gasteiger partial charge < -0.3 is 34.4 Å². The number of nitrogens with zero attached hydrogens (tertiary/aromatic N) is 3. The van der Waals surface area contributed by atoms with Gasteiger partial charge in [0.1, 0.15) is 35.9 Å². The Balaban J connectivity index is 1.13. The highest BCUT2D eigenvalue weighted by Crippen LogP contribution is 2.64. The van der Waals surface area contributed by atoms with Gasteiger partial charge in [0, 0.05) is 51.5 Å². The van der Waals surface area contributed by atoms with Crippen LogP contribution in [0.4, 0.5) is 0 Å². The first-order chi connectivity index (χ1) is 23.2. The number of fused-ring (bicyclic) bond motifs is 4. The minimum absolute atomic E-state index is 0.0962. The SMILES string of the molecule is CN(C)C(=O)C=Cc1ccc(CN2OC3C4OC(C5CC5)(C5CC5)OC4C4CC3(C(=O)N3CCCC3C(=O)NCCO)C2C(=O)O4)cc1. The smallest absolute Gasteiger partial charge is 0.327 e. The molecule has 0 aromatic heterocycles. The molecule has 3 amide bonds. The normalized spacial score (nSPS) is 35.1. The molecule has 0 radical (unpaired) electrons. The quantitative estimate of drug-likeness (QED) is 0.274. The van der Waals surface area contributed by atoms with E-state index < -0.39 is 53.7 Å². The number of hydrogen-bond acceptors (Lipinski definition) is 10. The molecule has 7 atom stereocenters. The Labute approximate surface area is 279 Å². The van der Waals surface area contributed by atoms with E-state index in [-0.39, 0.29) is 55.7 Å². The number of rotatable bonds is 10. The zero-order chi connectivity index (χ0) is 33.4. The van der Waals surface area contributed by atoms with Crippen molar-refractivity contribution in [3.63, 3.8) is 0 Å². The average Bonchev–Trinajstić information content (AvgIpc) is 4.00. The van der Waals surface area contributed by atoms with Gasteiger partial charge in [0.25, 0.3) is 0 Å². The summed E-state index contributed by atoms with van der Waals surface area (Å²) in [6.07, 6.45) is 5.97. The van der Waals surface area contributed by atoms with E-state index in [0.717, 1.165) is 36.8 Å². The molecule has 258 valence electrons. The van der Waals surface area contributed by atoms with E-state index in [1.807, 2.05) is 24.3 Å². The van der Waals surface area contributed by atoms with E-state index in [1.165, 1.54) is 11.0 Å². The van der Waals surface area contributed by atoms with E-state index in [9.17, 15) is 19.5 Å². The number of carbonyl (C=O) groups is 4. The molecule has 7 fully saturated rings. The lowest BCUT2D eigenvalue weighted by molar-refractivity contribution is -0.235. The second-order valence-electron chi connectivity index (χ2n) is 14.6. The number of hydrogen-bond donors (Lipinski definition) is 2. The minimum atomic E-state index is -1.34. The maximum atomic E-state index is 15.0. The summed E-state index contributed by atoms with van der Waals surface area (Å²) < 4.78 is 19.9. The Kier molecular flexibility index (Phi) is 7.91. The first-order valence-electron chi connectivity index (χ1n) is 17.3. The maximum absolute atomic E-state index is 15.0. The van der Waals surface area contributed by atoms with Gasteiger partial charge in [-0.2, -0.15) is 5.06 Å². The Hall–Kier alpha value is -3.36. The van der Waals surface area contributed by atoms with Crippen LogP contribution in [0.3, 0.4) is 0 Å². The molecular formula is C35H44N4O9. The molecular weight excluding hydrogens is 620 g/mol. The van der Waals surface area contributed by atoms with Gasteiger partial charge in [-0.25, -0.2) is 0 Å². The summed E-state index contributed by atoms with van der Waals surface area (Å²) in [5.41, 5.74) is 0.338. The van der Waals surface area contributed by atoms with Crippen LogP contribution in [-0.2, 0) is 44.8 Å². The molecule has 13 nitrogen and oxygen atoms in total. The highest BCUT2D eigenvalue weighted by Gasteiger charge is 2.78. The Morgan fingerprint density at radius 2 is 1.75 bits per heavy atom. The summed E-state index contributed by atoms with van der Waals surface area (Å²) >= 11 is 0. The predicted molar refractivity (Wildman–Crippen MR) is 168 cm³/mol. The van der Waals surface area contributed by atoms with Gasteiger partial charge in [-0.1, -0.05) is 24.3 Å². The predicted octanol–water partition coefficient (Wildman–Crippen LogP) is 0.988. The van der Waals surface area contributed by atoms with Crippen molar-refractivity contribution in [2.45, 2.75) is 93.8 Å². The number of aliphatic hydroxyl groups excluding tert-OH is 1. The number of aliphatic hydroxyl groups is 1. The molecule has 3 saturated carbocycles. The summed E-state index contributed by atoms with van der Waals surface area (Å²) in [4.78, 5) is 64.2. The van der Waals surface area contributed by atoms with Gasteiger partial charge in [0.05, 0.1) is 13.2 Å². The molecule has 13 heteroatoms. The summed E-state index contributed by atoms with van der Waals surface area (Å²) in [6, 6.07) is 5.82. The molecule has 4 heterocycles. The van der Waals surface area contributed by atoms with Gasteiger partial charge in [-0.15, -0.1) is 0 Å². The van der Waals surface area contributed by atoms with Crippen molar-refractivity contribution in [3.8, 4) is 0 Å². The van der Waals surface area contributed by atoms with Crippen LogP contribution in [0.15, 0.2) is 30.3 Å². The third kappa shape index (κ3) is 5.08. The summed E-state index contributed by atoms with van der Waals surface area (Å²) in [5.74, 6) is -1.49. The number of carbonyl (C=O) groups excluding carboxylic acids is 4. The van der Waals surface area contributed by atoms with Crippen molar-refractivity contribution in [1.29, 1.82) is 0 Å². The van der Waals surface area contributed by atoms with E-state index in [4.69, 9.17) is 19.0 Å². The van der Waals surface area contributed by atoms with Gasteiger partial charge in [0.2, 0.25) is 17.7 Å². The summed E-state index contributed by atoms with van der Waals surface area (Å²) in [7, 11) is 3.39. The third-order valence-corrected chi connectivity index (χ3v) is 11.3. The first-order valence-corrected chi connectivity index (χ1v) is 17.3. The number of hydroxylamine groups is 2. The molecule has 4 saturated heterocycles. The Bertz CT molecular complexity index is 1500. The lowest BCUT2D eigenvalue weighted by Crippen LogP contribution is -2.70. The van der Waals surface area contributed by atoms with Crippen LogP contribution in [0.1, 0.15) is 56.1 Å². The highest BCUT2D eigenvalue weighted by molar-refractivity contribution is 5.96. The molecule has 7 unspecified atom stereocenters. The molecule has 3 aliphatic carbocycles. The molecule has 2 N–H and O–H groups in total. The zero-order valence-electron chi connectivity index (χ0n) is 27.4. The molecule has 2 bridgehead atoms. The van der Waals surface area contributed by atoms with Crippen molar-refractivity contribution >= 4 is 29.8 Å². The van der Waals surface area contributed by atoms with Crippen LogP contribution >= 0.6 is 0 Å². The topological polar surface area (TPSA) is 147 Å². The summed E-state index contributed by atoms with van der Waals surface area (Å²) in [5, 5.41) is 13.6. The van der Waals surface area contributed by atoms with Crippen LogP contribution in [0, 0.1) is 17.3 Å². The Morgan fingerprint density at radius 1 is 1.04 bits per heavy atom. The third-order valence-electron chi connectivity index (χ3n) is 11.3. The fourth-order valence-electron chi connectivity index (χ4n) is 8.72. The zero-order valence-corrected chi connectivity index (χ0v) is 27.4. The minimum Gasteiger partial charge on any atom is -0.458 e. The van der Waals surface area contributed by atoms with E-state index in [0.29, 0.717) is 19.4 Å². The average molecular weight is 665 g/mol. The monoisotopic (exact) mass is 664 g/mol. The molecule has 48 heavy (non-hydrogen) atoms. The van der Waals surface area contributed by atoms with E-state index >= 15 is 4.79 Å². The highest BCUT2D eigenvalue weighted by atomic mass is 16.8. The van der Waals surface area contributed by atoms with Crippen LogP contribution in [0.25, 0.3) is 6.08 Å². The number of benzene rings is 1. The molecule has 0 spiro atoms. The molecule has 1 aromatic rings. The van der Waals surface area contributed by atoms with Gasteiger partial charge in [0.15, 0.2) is 11.8 Å². The van der Waals surface area contributed by atoms with Gasteiger partial charge >= 0.3 is 5.97 Å². The van der Waals surface area contributed by atoms with Crippen LogP contribution in [-0.4, -0.2) is 120 Å². The molecule has 1 aromatic carbocycles. The van der Waals surface area contributed by atoms with Crippen LogP contribution < -0.4 is 5.32 Å². The molecule has 8 rings (SSSR count). The second kappa shape index (κ2) is 11.9. The van der Waals surface area contributed by atoms with Crippen molar-refractivity contribution in [2.24, 2.45) is 17.3 Å². The fourth-order valence-corrected chi connectivity index (χ4v) is 8.72. The standard InChI is InChI=1S/C35H44N4O9/c1-37(2)26(41)14-9-20-5-7-21(8-6-20)19-39-29-32(43)45-25-18-34(29,33(44)38-16-3-4-24(38)31(42)36-15-17-40)30(48-39)28-27(25)46-35(47-28,22-10-11-22)23-12-13-23/h5-9,14,22-25,27-30,40H,3-4,10-13,15-19H2,1-2H3,(H,36,42). The number of likely N-dealkylation sites (tertiary alicyclic amines) is 1. The van der Waals surface area contributed by atoms with Crippen LogP contribution in [0.2, 0.25) is 0 Å². The number of amides is 3. The van der Waals surface area contributed by atoms with Gasteiger partial charge in [-0.3, -0.25) is 24.0 Å². The lowest BCUT2D eigenvalue weighted by atomic mass is 9.62. The number of likely N-dealkylation sites (N-methyl/N-ethyl adjacent to an activating group) is 1. The molecule has 7 aliphatic rings. The van der Waals surface area contributed by atoms with Crippen molar-refractivity contribution in [1.82, 2.24) is 20.2 Å². The van der Waals surface area contributed by atoms with Crippen molar-refractivity contribution < 1.29 is 43.3 Å². The van der Waals surface area contributed by atoms with Gasteiger partial charge in [-0.05, 0) is 55.7 Å². The lowest BCUT2D eigenvalue weighted by Gasteiger charge is -2.50. The first kappa shape index (κ1) is 31.9. The Morgan fingerprint density at radius 3 is 2.42 bits per heavy atom. The number of ether oxygens (including phenoxy) is 3. The second-order valence-corrected chi connectivity index (χ2v) is 14.6. The van der Waals surface area contributed by atoms with Crippen molar-refractivity contribution in [3.05, 3.63) is 41.5 Å². The molecule has 4 aliphatic heterocycles. The summed E-state index contributed by atoms with van der Waals surface area (Å²) in [6.45, 7) is 0.471. The van der Waals surface area contributed by atoms with Crippen LogP contribution in [0.5, 0.6) is 0 Å². The van der Waals surface area contributed by atoms with E-state index in [1.54, 1.807) is 30.1 Å². The number of nitrogens with one attached hydrogen (secondary N) is 1. The largest absolute Gasteiger partial charge is 0.458 e. The fraction of sp³-hybridized carbons (Fsp3) is 0.657. The van der Waals surface area contributed by atoms with E-state index in [2.05, 4.69) is 5.32 Å².